The van der Waals surface area contributed by atoms with Crippen molar-refractivity contribution >= 4 is 23.3 Å². The van der Waals surface area contributed by atoms with Crippen molar-refractivity contribution in [2.45, 2.75) is 11.1 Å². The molecule has 0 radical (unpaired) electrons. The number of hydrogen-bond acceptors (Lipinski definition) is 3. The van der Waals surface area contributed by atoms with Gasteiger partial charge in [0, 0.05) is 18.3 Å². The summed E-state index contributed by atoms with van der Waals surface area (Å²) in [6.07, 6.45) is -2.43. The smallest absolute Gasteiger partial charge is 0.435 e. The number of nitrogens with zero attached hydrogens (tertiary/aromatic N) is 3. The molecular weight excluding hydrogens is 391 g/mol. The zero-order valence-electron chi connectivity index (χ0n) is 15.0. The molecule has 0 saturated carbocycles. The van der Waals surface area contributed by atoms with Gasteiger partial charge in [0.2, 0.25) is 6.41 Å². The second-order valence-electron chi connectivity index (χ2n) is 6.04. The van der Waals surface area contributed by atoms with Crippen molar-refractivity contribution in [3.63, 3.8) is 0 Å². The average Bonchev–Trinajstić information content (AvgIpc) is 3.13. The lowest BCUT2D eigenvalue weighted by atomic mass is 10.1. The zero-order chi connectivity index (χ0) is 20.5. The second kappa shape index (κ2) is 7.69. The van der Waals surface area contributed by atoms with E-state index in [4.69, 9.17) is 0 Å². The molecule has 2 aromatic carbocycles. The van der Waals surface area contributed by atoms with Crippen LogP contribution in [0.4, 0.5) is 18.9 Å². The molecule has 0 aliphatic carbocycles. The van der Waals surface area contributed by atoms with Gasteiger partial charge in [0.1, 0.15) is 6.26 Å². The first-order chi connectivity index (χ1) is 13.2. The van der Waals surface area contributed by atoms with Crippen molar-refractivity contribution in [3.8, 4) is 16.9 Å². The predicted octanol–water partition coefficient (Wildman–Crippen LogP) is 3.89. The largest absolute Gasteiger partial charge is 0.612 e. The Balaban J connectivity index is 2.09. The Morgan fingerprint density at radius 3 is 2.21 bits per heavy atom. The number of amides is 1. The van der Waals surface area contributed by atoms with Crippen molar-refractivity contribution in [1.29, 1.82) is 0 Å². The van der Waals surface area contributed by atoms with E-state index in [1.807, 2.05) is 0 Å². The van der Waals surface area contributed by atoms with Crippen LogP contribution in [0, 0.1) is 0 Å². The molecule has 9 heteroatoms. The Hall–Kier alpha value is -2.78. The first kappa shape index (κ1) is 20.0. The van der Waals surface area contributed by atoms with Crippen LogP contribution in [0.2, 0.25) is 0 Å². The third-order valence-corrected chi connectivity index (χ3v) is 5.08. The number of aromatic nitrogens is 2. The van der Waals surface area contributed by atoms with Crippen LogP contribution in [0.3, 0.4) is 0 Å². The lowest BCUT2D eigenvalue weighted by Crippen LogP contribution is -2.13. The molecule has 0 spiro atoms. The summed E-state index contributed by atoms with van der Waals surface area (Å²) in [5.74, 6) is 0. The van der Waals surface area contributed by atoms with Crippen LogP contribution < -0.4 is 4.90 Å². The Bertz CT molecular complexity index is 968. The van der Waals surface area contributed by atoms with Crippen LogP contribution in [0.15, 0.2) is 59.5 Å². The lowest BCUT2D eigenvalue weighted by Gasteiger charge is -2.13. The van der Waals surface area contributed by atoms with E-state index in [0.29, 0.717) is 28.2 Å². The molecule has 28 heavy (non-hydrogen) atoms. The molecule has 3 aromatic rings. The number of benzene rings is 2. The van der Waals surface area contributed by atoms with Gasteiger partial charge in [-0.15, -0.1) is 0 Å². The highest BCUT2D eigenvalue weighted by Crippen LogP contribution is 2.33. The van der Waals surface area contributed by atoms with E-state index < -0.39 is 23.0 Å². The van der Waals surface area contributed by atoms with Gasteiger partial charge in [0.25, 0.3) is 0 Å². The predicted molar refractivity (Wildman–Crippen MR) is 101 cm³/mol. The third kappa shape index (κ3) is 4.05. The average molecular weight is 407 g/mol. The van der Waals surface area contributed by atoms with Crippen LogP contribution in [0.1, 0.15) is 5.69 Å². The number of anilines is 1. The Morgan fingerprint density at radius 1 is 1.11 bits per heavy atom. The van der Waals surface area contributed by atoms with E-state index >= 15 is 0 Å². The quantitative estimate of drug-likeness (QED) is 0.476. The maximum Gasteiger partial charge on any atom is 0.435 e. The summed E-state index contributed by atoms with van der Waals surface area (Å²) in [6.45, 7) is 0. The van der Waals surface area contributed by atoms with Gasteiger partial charge in [-0.25, -0.2) is 4.68 Å². The number of carbonyl (C=O) groups excluding carboxylic acids is 1. The van der Waals surface area contributed by atoms with E-state index in [-0.39, 0.29) is 5.69 Å². The van der Waals surface area contributed by atoms with Crippen molar-refractivity contribution in [2.24, 2.45) is 0 Å². The molecule has 0 fully saturated rings. The Kier molecular flexibility index (Phi) is 5.48. The van der Waals surface area contributed by atoms with Gasteiger partial charge >= 0.3 is 6.18 Å². The highest BCUT2D eigenvalue weighted by atomic mass is 32.2. The maximum absolute atomic E-state index is 13.2. The molecule has 0 saturated heterocycles. The van der Waals surface area contributed by atoms with Crippen LogP contribution in [0.5, 0.6) is 0 Å². The normalized spacial score (nSPS) is 12.6. The summed E-state index contributed by atoms with van der Waals surface area (Å²) in [7, 11) is 1.57. The molecule has 0 N–H and O–H groups in total. The van der Waals surface area contributed by atoms with Gasteiger partial charge in [-0.2, -0.15) is 18.3 Å². The van der Waals surface area contributed by atoms with E-state index in [1.165, 1.54) is 15.8 Å². The molecule has 1 aromatic heterocycles. The summed E-state index contributed by atoms with van der Waals surface area (Å²) in [6, 6.07) is 13.8. The van der Waals surface area contributed by atoms with E-state index in [2.05, 4.69) is 5.10 Å². The SMILES string of the molecule is CN(C=O)c1ccc(-n2nc(C(F)(F)F)cc2-c2ccc([S+](C)[O-])cc2)cc1. The molecule has 1 atom stereocenters. The topological polar surface area (TPSA) is 61.2 Å². The Labute approximate surface area is 162 Å². The van der Waals surface area contributed by atoms with E-state index in [9.17, 15) is 22.5 Å². The van der Waals surface area contributed by atoms with Crippen LogP contribution >= 0.6 is 0 Å². The van der Waals surface area contributed by atoms with Crippen molar-refractivity contribution < 1.29 is 22.5 Å². The first-order valence-corrected chi connectivity index (χ1v) is 9.66. The van der Waals surface area contributed by atoms with Crippen molar-refractivity contribution in [2.75, 3.05) is 18.2 Å². The first-order valence-electron chi connectivity index (χ1n) is 8.10. The summed E-state index contributed by atoms with van der Waals surface area (Å²) in [4.78, 5) is 12.8. The molecule has 1 amide bonds. The summed E-state index contributed by atoms with van der Waals surface area (Å²) >= 11 is -1.19. The fourth-order valence-electron chi connectivity index (χ4n) is 2.63. The molecule has 1 unspecified atom stereocenters. The second-order valence-corrected chi connectivity index (χ2v) is 7.42. The minimum Gasteiger partial charge on any atom is -0.612 e. The zero-order valence-corrected chi connectivity index (χ0v) is 15.8. The number of hydrogen-bond donors (Lipinski definition) is 0. The summed E-state index contributed by atoms with van der Waals surface area (Å²) in [5.41, 5.74) is 0.748. The van der Waals surface area contributed by atoms with Crippen molar-refractivity contribution in [1.82, 2.24) is 9.78 Å². The van der Waals surface area contributed by atoms with Crippen molar-refractivity contribution in [3.05, 3.63) is 60.3 Å². The molecular formula is C19H16F3N3O2S. The molecule has 1 heterocycles. The minimum atomic E-state index is -4.59. The van der Waals surface area contributed by atoms with Gasteiger partial charge in [-0.05, 0) is 65.8 Å². The monoisotopic (exact) mass is 407 g/mol. The highest BCUT2D eigenvalue weighted by molar-refractivity contribution is 7.90. The molecule has 0 aliphatic rings. The van der Waals surface area contributed by atoms with Gasteiger partial charge in [-0.3, -0.25) is 4.79 Å². The standard InChI is InChI=1S/C19H16F3N3O2S/c1-24(12-26)14-5-7-15(8-6-14)25-17(11-18(23-25)19(20,21)22)13-3-9-16(10-4-13)28(2)27/h3-12H,1-2H3. The summed E-state index contributed by atoms with van der Waals surface area (Å²) < 4.78 is 52.5. The number of rotatable bonds is 5. The molecule has 5 nitrogen and oxygen atoms in total. The van der Waals surface area contributed by atoms with Crippen LogP contribution in [-0.4, -0.2) is 34.0 Å². The molecule has 146 valence electrons. The third-order valence-electron chi connectivity index (χ3n) is 4.14. The van der Waals surface area contributed by atoms with Gasteiger partial charge in [0.15, 0.2) is 10.6 Å². The van der Waals surface area contributed by atoms with E-state index in [1.54, 1.807) is 55.6 Å². The molecule has 3 rings (SSSR count). The Morgan fingerprint density at radius 2 is 1.71 bits per heavy atom. The van der Waals surface area contributed by atoms with Crippen LogP contribution in [-0.2, 0) is 22.1 Å². The van der Waals surface area contributed by atoms with Gasteiger partial charge < -0.3 is 9.45 Å². The number of halogens is 3. The number of alkyl halides is 3. The molecule has 0 bridgehead atoms. The number of carbonyl (C=O) groups is 1. The van der Waals surface area contributed by atoms with E-state index in [0.717, 1.165) is 6.07 Å². The highest BCUT2D eigenvalue weighted by Gasteiger charge is 2.35. The fraction of sp³-hybridized carbons (Fsp3) is 0.158. The fourth-order valence-corrected chi connectivity index (χ4v) is 3.15. The van der Waals surface area contributed by atoms with Gasteiger partial charge in [0.05, 0.1) is 11.4 Å². The maximum atomic E-state index is 13.2. The van der Waals surface area contributed by atoms with Gasteiger partial charge in [-0.1, -0.05) is 0 Å². The van der Waals surface area contributed by atoms with Crippen LogP contribution in [0.25, 0.3) is 16.9 Å². The summed E-state index contributed by atoms with van der Waals surface area (Å²) in [5, 5.41) is 3.73. The lowest BCUT2D eigenvalue weighted by molar-refractivity contribution is -0.141. The minimum absolute atomic E-state index is 0.247. The molecule has 0 aliphatic heterocycles.